The number of rotatable bonds is 7. The van der Waals surface area contributed by atoms with Crippen molar-refractivity contribution in [3.63, 3.8) is 0 Å². The maximum absolute atomic E-state index is 12.3. The average Bonchev–Trinajstić information content (AvgIpc) is 2.61. The van der Waals surface area contributed by atoms with Crippen molar-refractivity contribution < 1.29 is 14.3 Å². The molecule has 0 fully saturated rings. The standard InChI is InChI=1S/C18H19N3O3/c1-3-11-19-13-9-10-16(20-12-13)17(22)21-15-8-6-5-7-14(15)18(23)24-4-2/h3,5-10,12,19H,1,4,11H2,2H3,(H,21,22). The van der Waals surface area contributed by atoms with E-state index in [0.29, 0.717) is 17.8 Å². The molecule has 0 bridgehead atoms. The van der Waals surface area contributed by atoms with E-state index in [1.807, 2.05) is 0 Å². The number of esters is 1. The van der Waals surface area contributed by atoms with Crippen molar-refractivity contribution >= 4 is 23.3 Å². The number of benzene rings is 1. The molecule has 1 aromatic heterocycles. The molecular formula is C18H19N3O3. The van der Waals surface area contributed by atoms with Crippen molar-refractivity contribution in [3.05, 3.63) is 66.5 Å². The van der Waals surface area contributed by atoms with Crippen LogP contribution in [0.5, 0.6) is 0 Å². The van der Waals surface area contributed by atoms with Crippen LogP contribution in [0.15, 0.2) is 55.3 Å². The van der Waals surface area contributed by atoms with Crippen LogP contribution in [0.3, 0.4) is 0 Å². The van der Waals surface area contributed by atoms with Crippen LogP contribution in [0.25, 0.3) is 0 Å². The number of nitrogens with zero attached hydrogens (tertiary/aromatic N) is 1. The van der Waals surface area contributed by atoms with Crippen LogP contribution in [0, 0.1) is 0 Å². The smallest absolute Gasteiger partial charge is 0.340 e. The van der Waals surface area contributed by atoms with Gasteiger partial charge >= 0.3 is 5.97 Å². The number of carbonyl (C=O) groups is 2. The van der Waals surface area contributed by atoms with Crippen molar-refractivity contribution in [2.45, 2.75) is 6.92 Å². The molecule has 0 atom stereocenters. The van der Waals surface area contributed by atoms with E-state index in [2.05, 4.69) is 22.2 Å². The summed E-state index contributed by atoms with van der Waals surface area (Å²) in [5.74, 6) is -0.882. The van der Waals surface area contributed by atoms with Gasteiger partial charge in [0, 0.05) is 6.54 Å². The summed E-state index contributed by atoms with van der Waals surface area (Å²) in [7, 11) is 0. The van der Waals surface area contributed by atoms with Gasteiger partial charge < -0.3 is 15.4 Å². The number of hydrogen-bond acceptors (Lipinski definition) is 5. The Labute approximate surface area is 140 Å². The molecule has 6 nitrogen and oxygen atoms in total. The number of pyridine rings is 1. The number of aromatic nitrogens is 1. The maximum Gasteiger partial charge on any atom is 0.340 e. The van der Waals surface area contributed by atoms with E-state index in [0.717, 1.165) is 5.69 Å². The van der Waals surface area contributed by atoms with E-state index in [9.17, 15) is 9.59 Å². The Bertz CT molecular complexity index is 727. The quantitative estimate of drug-likeness (QED) is 0.604. The predicted molar refractivity (Wildman–Crippen MR) is 93.3 cm³/mol. The zero-order chi connectivity index (χ0) is 17.4. The number of nitrogens with one attached hydrogen (secondary N) is 2. The first-order valence-corrected chi connectivity index (χ1v) is 7.54. The van der Waals surface area contributed by atoms with Crippen LogP contribution in [0.2, 0.25) is 0 Å². The van der Waals surface area contributed by atoms with Gasteiger partial charge in [-0.05, 0) is 31.2 Å². The van der Waals surface area contributed by atoms with E-state index in [-0.39, 0.29) is 12.3 Å². The number of ether oxygens (including phenoxy) is 1. The second-order valence-electron chi connectivity index (χ2n) is 4.82. The van der Waals surface area contributed by atoms with E-state index in [1.165, 1.54) is 0 Å². The molecule has 2 N–H and O–H groups in total. The third kappa shape index (κ3) is 4.42. The van der Waals surface area contributed by atoms with Gasteiger partial charge in [-0.3, -0.25) is 4.79 Å². The molecule has 24 heavy (non-hydrogen) atoms. The van der Waals surface area contributed by atoms with E-state index < -0.39 is 11.9 Å². The van der Waals surface area contributed by atoms with Crippen molar-refractivity contribution in [1.29, 1.82) is 0 Å². The Balaban J connectivity index is 2.12. The van der Waals surface area contributed by atoms with Crippen LogP contribution in [0.1, 0.15) is 27.8 Å². The minimum atomic E-state index is -0.481. The highest BCUT2D eigenvalue weighted by Crippen LogP contribution is 2.17. The van der Waals surface area contributed by atoms with E-state index >= 15 is 0 Å². The van der Waals surface area contributed by atoms with Gasteiger partial charge in [-0.2, -0.15) is 0 Å². The summed E-state index contributed by atoms with van der Waals surface area (Å²) >= 11 is 0. The number of anilines is 2. The summed E-state index contributed by atoms with van der Waals surface area (Å²) in [4.78, 5) is 28.3. The third-order valence-corrected chi connectivity index (χ3v) is 3.12. The highest BCUT2D eigenvalue weighted by molar-refractivity contribution is 6.07. The number of para-hydroxylation sites is 1. The molecule has 0 saturated heterocycles. The summed E-state index contributed by atoms with van der Waals surface area (Å²) in [6.45, 7) is 6.22. The topological polar surface area (TPSA) is 80.3 Å². The van der Waals surface area contributed by atoms with Crippen LogP contribution in [0.4, 0.5) is 11.4 Å². The largest absolute Gasteiger partial charge is 0.462 e. The number of carbonyl (C=O) groups excluding carboxylic acids is 2. The fourth-order valence-electron chi connectivity index (χ4n) is 1.99. The molecular weight excluding hydrogens is 306 g/mol. The zero-order valence-corrected chi connectivity index (χ0v) is 13.4. The molecule has 0 aliphatic rings. The zero-order valence-electron chi connectivity index (χ0n) is 13.4. The lowest BCUT2D eigenvalue weighted by Crippen LogP contribution is -2.17. The third-order valence-electron chi connectivity index (χ3n) is 3.12. The fraction of sp³-hybridized carbons (Fsp3) is 0.167. The van der Waals surface area contributed by atoms with Gasteiger partial charge in [0.05, 0.1) is 29.7 Å². The molecule has 2 rings (SSSR count). The molecule has 2 aromatic rings. The number of amides is 1. The van der Waals surface area contributed by atoms with Gasteiger partial charge in [0.1, 0.15) is 5.69 Å². The van der Waals surface area contributed by atoms with Gasteiger partial charge in [-0.15, -0.1) is 6.58 Å². The van der Waals surface area contributed by atoms with E-state index in [1.54, 1.807) is 55.6 Å². The Morgan fingerprint density at radius 2 is 2.04 bits per heavy atom. The number of hydrogen-bond donors (Lipinski definition) is 2. The lowest BCUT2D eigenvalue weighted by atomic mass is 10.1. The Morgan fingerprint density at radius 3 is 2.71 bits per heavy atom. The summed E-state index contributed by atoms with van der Waals surface area (Å²) in [6, 6.07) is 10.0. The van der Waals surface area contributed by atoms with Gasteiger partial charge in [-0.1, -0.05) is 18.2 Å². The van der Waals surface area contributed by atoms with Gasteiger partial charge in [0.2, 0.25) is 0 Å². The monoisotopic (exact) mass is 325 g/mol. The first kappa shape index (κ1) is 17.2. The summed E-state index contributed by atoms with van der Waals surface area (Å²) in [5.41, 5.74) is 1.73. The Hall–Kier alpha value is -3.15. The first-order chi connectivity index (χ1) is 11.7. The van der Waals surface area contributed by atoms with Gasteiger partial charge in [-0.25, -0.2) is 9.78 Å². The summed E-state index contributed by atoms with van der Waals surface area (Å²) < 4.78 is 4.99. The Kier molecular flexibility index (Phi) is 6.08. The minimum absolute atomic E-state index is 0.248. The van der Waals surface area contributed by atoms with Crippen molar-refractivity contribution in [1.82, 2.24) is 4.98 Å². The molecule has 1 heterocycles. The second kappa shape index (κ2) is 8.47. The van der Waals surface area contributed by atoms with Crippen molar-refractivity contribution in [3.8, 4) is 0 Å². The second-order valence-corrected chi connectivity index (χ2v) is 4.82. The molecule has 0 radical (unpaired) electrons. The van der Waals surface area contributed by atoms with Crippen LogP contribution in [-0.4, -0.2) is 30.0 Å². The lowest BCUT2D eigenvalue weighted by molar-refractivity contribution is 0.0527. The van der Waals surface area contributed by atoms with Crippen LogP contribution >= 0.6 is 0 Å². The summed E-state index contributed by atoms with van der Waals surface area (Å²) in [6.07, 6.45) is 3.29. The van der Waals surface area contributed by atoms with Crippen LogP contribution < -0.4 is 10.6 Å². The van der Waals surface area contributed by atoms with Crippen LogP contribution in [-0.2, 0) is 4.74 Å². The highest BCUT2D eigenvalue weighted by atomic mass is 16.5. The predicted octanol–water partition coefficient (Wildman–Crippen LogP) is 3.11. The minimum Gasteiger partial charge on any atom is -0.462 e. The molecule has 0 spiro atoms. The summed E-state index contributed by atoms with van der Waals surface area (Å²) in [5, 5.41) is 5.76. The maximum atomic E-state index is 12.3. The molecule has 0 aliphatic heterocycles. The van der Waals surface area contributed by atoms with Gasteiger partial charge in [0.15, 0.2) is 0 Å². The Morgan fingerprint density at radius 1 is 1.25 bits per heavy atom. The molecule has 0 aliphatic carbocycles. The first-order valence-electron chi connectivity index (χ1n) is 7.54. The molecule has 0 unspecified atom stereocenters. The molecule has 124 valence electrons. The molecule has 0 saturated carbocycles. The van der Waals surface area contributed by atoms with Gasteiger partial charge in [0.25, 0.3) is 5.91 Å². The molecule has 6 heteroatoms. The molecule has 1 aromatic carbocycles. The van der Waals surface area contributed by atoms with Crippen molar-refractivity contribution in [2.24, 2.45) is 0 Å². The van der Waals surface area contributed by atoms with Crippen molar-refractivity contribution in [2.75, 3.05) is 23.8 Å². The highest BCUT2D eigenvalue weighted by Gasteiger charge is 2.15. The fourth-order valence-corrected chi connectivity index (χ4v) is 1.99. The normalized spacial score (nSPS) is 9.88. The molecule has 1 amide bonds. The lowest BCUT2D eigenvalue weighted by Gasteiger charge is -2.10. The average molecular weight is 325 g/mol. The SMILES string of the molecule is C=CCNc1ccc(C(=O)Nc2ccccc2C(=O)OCC)nc1. The van der Waals surface area contributed by atoms with E-state index in [4.69, 9.17) is 4.74 Å².